The first-order chi connectivity index (χ1) is 8.24. The van der Waals surface area contributed by atoms with E-state index < -0.39 is 29.5 Å². The Hall–Kier alpha value is -1.26. The molecule has 0 unspecified atom stereocenters. The number of nitrogens with zero attached hydrogens (tertiary/aromatic N) is 1. The first-order valence-electron chi connectivity index (χ1n) is 4.57. The monoisotopic (exact) mass is 377 g/mol. The van der Waals surface area contributed by atoms with Crippen molar-refractivity contribution in [1.82, 2.24) is 4.98 Å². The van der Waals surface area contributed by atoms with Crippen LogP contribution in [0.25, 0.3) is 0 Å². The zero-order chi connectivity index (χ0) is 13.9. The lowest BCUT2D eigenvalue weighted by molar-refractivity contribution is -0.275. The van der Waals surface area contributed by atoms with Gasteiger partial charge in [0.05, 0.1) is 6.61 Å². The number of aromatic nitrogens is 1. The van der Waals surface area contributed by atoms with Crippen LogP contribution in [0.4, 0.5) is 13.2 Å². The van der Waals surface area contributed by atoms with Crippen LogP contribution in [-0.4, -0.2) is 29.0 Å². The maximum absolute atomic E-state index is 12.1. The van der Waals surface area contributed by atoms with Crippen LogP contribution in [0.15, 0.2) is 6.07 Å². The summed E-state index contributed by atoms with van der Waals surface area (Å²) in [6.45, 7) is 1.51. The van der Waals surface area contributed by atoms with Crippen LogP contribution in [0.3, 0.4) is 0 Å². The lowest BCUT2D eigenvalue weighted by atomic mass is 10.3. The molecular formula is C9H7F3INO4. The normalized spacial score (nSPS) is 11.2. The topological polar surface area (TPSA) is 68.7 Å². The number of ether oxygens (including phenoxy) is 2. The zero-order valence-corrected chi connectivity index (χ0v) is 11.1. The lowest BCUT2D eigenvalue weighted by Crippen LogP contribution is -2.18. The van der Waals surface area contributed by atoms with Crippen LogP contribution in [0.1, 0.15) is 17.4 Å². The Kier molecular flexibility index (Phi) is 4.59. The number of pyridine rings is 1. The number of rotatable bonds is 3. The first-order valence-corrected chi connectivity index (χ1v) is 5.65. The van der Waals surface area contributed by atoms with Crippen LogP contribution < -0.4 is 4.74 Å². The number of carbonyl (C=O) groups is 1. The van der Waals surface area contributed by atoms with E-state index in [0.29, 0.717) is 0 Å². The summed E-state index contributed by atoms with van der Waals surface area (Å²) in [5.41, 5.74) is -0.622. The summed E-state index contributed by atoms with van der Waals surface area (Å²) in [6.07, 6.45) is -4.98. The molecule has 0 aliphatic carbocycles. The maximum Gasteiger partial charge on any atom is 0.573 e. The number of hydrogen-bond acceptors (Lipinski definition) is 5. The van der Waals surface area contributed by atoms with Crippen LogP contribution in [0.2, 0.25) is 0 Å². The largest absolute Gasteiger partial charge is 0.573 e. The average molecular weight is 377 g/mol. The maximum atomic E-state index is 12.1. The van der Waals surface area contributed by atoms with Crippen molar-refractivity contribution in [3.63, 3.8) is 0 Å². The van der Waals surface area contributed by atoms with E-state index in [1.165, 1.54) is 6.92 Å². The summed E-state index contributed by atoms with van der Waals surface area (Å²) in [5.74, 6) is -2.93. The van der Waals surface area contributed by atoms with E-state index >= 15 is 0 Å². The summed E-state index contributed by atoms with van der Waals surface area (Å²) in [6, 6.07) is 0.853. The van der Waals surface area contributed by atoms with Crippen molar-refractivity contribution in [1.29, 1.82) is 0 Å². The molecule has 1 aromatic heterocycles. The van der Waals surface area contributed by atoms with Gasteiger partial charge in [-0.1, -0.05) is 0 Å². The first kappa shape index (κ1) is 14.8. The van der Waals surface area contributed by atoms with Gasteiger partial charge in [-0.3, -0.25) is 0 Å². The number of esters is 1. The molecule has 0 bridgehead atoms. The standard InChI is InChI=1S/C9H7F3INO4/c1-2-17-8(16)6-7(15)4(3-5(13)14-6)18-9(10,11)12/h3,15H,2H2,1H3. The Labute approximate surface area is 113 Å². The van der Waals surface area contributed by atoms with Gasteiger partial charge in [-0.25, -0.2) is 9.78 Å². The third-order valence-corrected chi connectivity index (χ3v) is 2.17. The fraction of sp³-hybridized carbons (Fsp3) is 0.333. The number of aromatic hydroxyl groups is 1. The Bertz CT molecular complexity index is 464. The van der Waals surface area contributed by atoms with Crippen LogP contribution in [-0.2, 0) is 4.74 Å². The molecule has 0 spiro atoms. The second kappa shape index (κ2) is 5.59. The Balaban J connectivity index is 3.18. The number of alkyl halides is 3. The van der Waals surface area contributed by atoms with Crippen molar-refractivity contribution in [2.24, 2.45) is 0 Å². The quantitative estimate of drug-likeness (QED) is 0.498. The van der Waals surface area contributed by atoms with E-state index in [4.69, 9.17) is 0 Å². The molecule has 1 aromatic rings. The molecule has 0 saturated heterocycles. The number of hydrogen-bond donors (Lipinski definition) is 1. The highest BCUT2D eigenvalue weighted by Gasteiger charge is 2.34. The molecule has 100 valence electrons. The molecule has 0 aromatic carbocycles. The van der Waals surface area contributed by atoms with Gasteiger partial charge in [0, 0.05) is 6.07 Å². The summed E-state index contributed by atoms with van der Waals surface area (Å²) in [5, 5.41) is 9.48. The number of halogens is 4. The molecule has 5 nitrogen and oxygen atoms in total. The van der Waals surface area contributed by atoms with E-state index in [0.717, 1.165) is 6.07 Å². The third kappa shape index (κ3) is 3.89. The van der Waals surface area contributed by atoms with E-state index in [2.05, 4.69) is 14.5 Å². The van der Waals surface area contributed by atoms with Gasteiger partial charge in [-0.2, -0.15) is 0 Å². The zero-order valence-electron chi connectivity index (χ0n) is 8.92. The minimum atomic E-state index is -4.98. The molecule has 1 rings (SSSR count). The summed E-state index contributed by atoms with van der Waals surface area (Å²) in [7, 11) is 0. The van der Waals surface area contributed by atoms with Crippen LogP contribution in [0, 0.1) is 3.70 Å². The van der Waals surface area contributed by atoms with Crippen molar-refractivity contribution in [3.05, 3.63) is 15.5 Å². The predicted octanol–water partition coefficient (Wildman–Crippen LogP) is 2.47. The van der Waals surface area contributed by atoms with Gasteiger partial charge < -0.3 is 14.6 Å². The third-order valence-electron chi connectivity index (χ3n) is 1.62. The molecule has 0 fully saturated rings. The van der Waals surface area contributed by atoms with E-state index in [9.17, 15) is 23.1 Å². The van der Waals surface area contributed by atoms with Crippen molar-refractivity contribution < 1.29 is 32.5 Å². The van der Waals surface area contributed by atoms with Gasteiger partial charge in [0.1, 0.15) is 3.70 Å². The second-order valence-electron chi connectivity index (χ2n) is 2.91. The van der Waals surface area contributed by atoms with Gasteiger partial charge in [-0.05, 0) is 29.5 Å². The highest BCUT2D eigenvalue weighted by molar-refractivity contribution is 14.1. The number of carbonyl (C=O) groups excluding carboxylic acids is 1. The fourth-order valence-corrected chi connectivity index (χ4v) is 1.55. The summed E-state index contributed by atoms with van der Waals surface area (Å²) in [4.78, 5) is 14.9. The van der Waals surface area contributed by atoms with E-state index in [1.807, 2.05) is 0 Å². The highest BCUT2D eigenvalue weighted by atomic mass is 127. The molecule has 1 N–H and O–H groups in total. The van der Waals surface area contributed by atoms with E-state index in [-0.39, 0.29) is 10.3 Å². The Morgan fingerprint density at radius 2 is 2.17 bits per heavy atom. The fourth-order valence-electron chi connectivity index (χ4n) is 1.03. The Morgan fingerprint density at radius 3 is 2.67 bits per heavy atom. The Morgan fingerprint density at radius 1 is 1.56 bits per heavy atom. The van der Waals surface area contributed by atoms with Gasteiger partial charge in [-0.15, -0.1) is 13.2 Å². The van der Waals surface area contributed by atoms with Crippen molar-refractivity contribution in [3.8, 4) is 11.5 Å². The average Bonchev–Trinajstić information content (AvgIpc) is 2.21. The summed E-state index contributed by atoms with van der Waals surface area (Å²) >= 11 is 1.58. The molecule has 0 aliphatic heterocycles. The molecule has 0 amide bonds. The SMILES string of the molecule is CCOC(=O)c1nc(I)cc(OC(F)(F)F)c1O. The molecule has 9 heteroatoms. The molecule has 0 atom stereocenters. The van der Waals surface area contributed by atoms with Gasteiger partial charge in [0.2, 0.25) is 0 Å². The molecule has 0 aliphatic rings. The second-order valence-corrected chi connectivity index (χ2v) is 4.01. The van der Waals surface area contributed by atoms with Gasteiger partial charge in [0.25, 0.3) is 0 Å². The van der Waals surface area contributed by atoms with E-state index in [1.54, 1.807) is 22.6 Å². The molecule has 1 heterocycles. The van der Waals surface area contributed by atoms with Gasteiger partial charge >= 0.3 is 12.3 Å². The van der Waals surface area contributed by atoms with Crippen molar-refractivity contribution >= 4 is 28.6 Å². The minimum Gasteiger partial charge on any atom is -0.503 e. The smallest absolute Gasteiger partial charge is 0.503 e. The van der Waals surface area contributed by atoms with Crippen LogP contribution in [0.5, 0.6) is 11.5 Å². The molecule has 0 saturated carbocycles. The molecule has 0 radical (unpaired) electrons. The van der Waals surface area contributed by atoms with Gasteiger partial charge in [0.15, 0.2) is 17.2 Å². The lowest BCUT2D eigenvalue weighted by Gasteiger charge is -2.12. The summed E-state index contributed by atoms with van der Waals surface area (Å²) < 4.78 is 44.4. The van der Waals surface area contributed by atoms with Crippen molar-refractivity contribution in [2.45, 2.75) is 13.3 Å². The minimum absolute atomic E-state index is 0.000881. The molecular weight excluding hydrogens is 370 g/mol. The highest BCUT2D eigenvalue weighted by Crippen LogP contribution is 2.34. The van der Waals surface area contributed by atoms with Crippen molar-refractivity contribution in [2.75, 3.05) is 6.61 Å². The van der Waals surface area contributed by atoms with Crippen LogP contribution >= 0.6 is 22.6 Å². The predicted molar refractivity (Wildman–Crippen MR) is 61.3 cm³/mol. The molecule has 18 heavy (non-hydrogen) atoms.